The molecular weight excluding hydrogens is 380 g/mol. The Kier molecular flexibility index (Phi) is 6.13. The second kappa shape index (κ2) is 8.95. The van der Waals surface area contributed by atoms with Gasteiger partial charge in [0.05, 0.1) is 29.2 Å². The molecule has 0 radical (unpaired) electrons. The molecule has 1 fully saturated rings. The summed E-state index contributed by atoms with van der Waals surface area (Å²) in [6.07, 6.45) is 6.03. The summed E-state index contributed by atoms with van der Waals surface area (Å²) in [6, 6.07) is 3.92. The van der Waals surface area contributed by atoms with Crippen molar-refractivity contribution >= 4 is 11.6 Å². The molecule has 0 bridgehead atoms. The van der Waals surface area contributed by atoms with Crippen LogP contribution in [0.5, 0.6) is 0 Å². The molecule has 0 unspecified atom stereocenters. The summed E-state index contributed by atoms with van der Waals surface area (Å²) in [5.74, 6) is 1.04. The lowest BCUT2D eigenvalue weighted by molar-refractivity contribution is -0.122. The van der Waals surface area contributed by atoms with E-state index in [-0.39, 0.29) is 11.8 Å². The van der Waals surface area contributed by atoms with Crippen LogP contribution in [0.25, 0.3) is 17.0 Å². The van der Waals surface area contributed by atoms with Crippen molar-refractivity contribution in [2.45, 2.75) is 52.4 Å². The lowest BCUT2D eigenvalue weighted by Gasteiger charge is -2.33. The van der Waals surface area contributed by atoms with Gasteiger partial charge in [0.2, 0.25) is 5.91 Å². The van der Waals surface area contributed by atoms with Gasteiger partial charge in [-0.25, -0.2) is 9.50 Å². The largest absolute Gasteiger partial charge is 0.356 e. The average Bonchev–Trinajstić information content (AvgIpc) is 3.32. The maximum Gasteiger partial charge on any atom is 0.234 e. The Morgan fingerprint density at radius 3 is 2.93 bits per heavy atom. The third kappa shape index (κ3) is 4.38. The third-order valence-electron chi connectivity index (χ3n) is 5.65. The average molecular weight is 411 g/mol. The molecule has 1 N–H and O–H groups in total. The number of fused-ring (bicyclic) bond motifs is 1. The van der Waals surface area contributed by atoms with Gasteiger partial charge in [0.25, 0.3) is 0 Å². The molecule has 4 heterocycles. The molecule has 1 amide bonds. The molecule has 3 aromatic heterocycles. The van der Waals surface area contributed by atoms with Gasteiger partial charge in [-0.05, 0) is 39.7 Å². The number of hydrogen-bond acceptors (Lipinski definition) is 6. The van der Waals surface area contributed by atoms with E-state index in [0.29, 0.717) is 12.3 Å². The normalized spacial score (nSPS) is 17.5. The fraction of sp³-hybridized carbons (Fsp3) is 0.545. The maximum atomic E-state index is 12.3. The van der Waals surface area contributed by atoms with Gasteiger partial charge in [0.1, 0.15) is 0 Å². The summed E-state index contributed by atoms with van der Waals surface area (Å²) < 4.78 is 7.52. The summed E-state index contributed by atoms with van der Waals surface area (Å²) in [5, 5.41) is 11.8. The van der Waals surface area contributed by atoms with Crippen LogP contribution in [0.15, 0.2) is 22.9 Å². The van der Waals surface area contributed by atoms with Gasteiger partial charge < -0.3 is 9.84 Å². The molecule has 0 aliphatic carbocycles. The molecule has 1 aliphatic rings. The number of aromatic nitrogens is 4. The van der Waals surface area contributed by atoms with Crippen molar-refractivity contribution in [2.75, 3.05) is 26.2 Å². The highest BCUT2D eigenvalue weighted by molar-refractivity contribution is 5.78. The topological polar surface area (TPSA) is 88.6 Å². The first-order valence-electron chi connectivity index (χ1n) is 10.8. The van der Waals surface area contributed by atoms with Crippen molar-refractivity contribution < 1.29 is 9.32 Å². The standard InChI is InChI=1S/C22H30N6O2/c1-4-5-8-23-21(29)14-27-9-6-7-17(13-27)22-18(19-10-16(3)26-30-19)12-24-20-11-15(2)25-28(20)22/h10-12,17H,4-9,13-14H2,1-3H3,(H,23,29)/t17-/m0/s1. The van der Waals surface area contributed by atoms with E-state index >= 15 is 0 Å². The van der Waals surface area contributed by atoms with Crippen molar-refractivity contribution in [3.63, 3.8) is 0 Å². The minimum Gasteiger partial charge on any atom is -0.356 e. The van der Waals surface area contributed by atoms with Crippen LogP contribution in [0.1, 0.15) is 55.6 Å². The number of amides is 1. The van der Waals surface area contributed by atoms with E-state index < -0.39 is 0 Å². The molecule has 0 aromatic carbocycles. The Bertz CT molecular complexity index is 1020. The van der Waals surface area contributed by atoms with Crippen molar-refractivity contribution in [3.8, 4) is 11.3 Å². The maximum absolute atomic E-state index is 12.3. The molecule has 0 saturated carbocycles. The number of aryl methyl sites for hydroxylation is 2. The molecular formula is C22H30N6O2. The Balaban J connectivity index is 1.62. The molecule has 8 heteroatoms. The SMILES string of the molecule is CCCCNC(=O)CN1CCC[C@H](c2c(-c3cc(C)no3)cnc3cc(C)nn23)C1. The molecule has 4 rings (SSSR count). The van der Waals surface area contributed by atoms with Crippen molar-refractivity contribution in [3.05, 3.63) is 35.4 Å². The van der Waals surface area contributed by atoms with Crippen LogP contribution in [-0.4, -0.2) is 56.7 Å². The minimum absolute atomic E-state index is 0.102. The van der Waals surface area contributed by atoms with Gasteiger partial charge in [0.15, 0.2) is 11.4 Å². The minimum atomic E-state index is 0.102. The Hall–Kier alpha value is -2.74. The number of likely N-dealkylation sites (tertiary alicyclic amines) is 1. The van der Waals surface area contributed by atoms with E-state index in [1.807, 2.05) is 36.7 Å². The number of nitrogens with one attached hydrogen (secondary N) is 1. The summed E-state index contributed by atoms with van der Waals surface area (Å²) in [4.78, 5) is 19.2. The monoisotopic (exact) mass is 410 g/mol. The van der Waals surface area contributed by atoms with Gasteiger partial charge in [-0.2, -0.15) is 5.10 Å². The van der Waals surface area contributed by atoms with Crippen LogP contribution in [0.3, 0.4) is 0 Å². The van der Waals surface area contributed by atoms with E-state index in [2.05, 4.69) is 27.3 Å². The fourth-order valence-electron chi connectivity index (χ4n) is 4.23. The lowest BCUT2D eigenvalue weighted by Crippen LogP contribution is -2.42. The van der Waals surface area contributed by atoms with Crippen molar-refractivity contribution in [2.24, 2.45) is 0 Å². The Morgan fingerprint density at radius 1 is 1.30 bits per heavy atom. The number of carbonyl (C=O) groups is 1. The molecule has 160 valence electrons. The highest BCUT2D eigenvalue weighted by Crippen LogP contribution is 2.34. The molecule has 0 spiro atoms. The first-order valence-corrected chi connectivity index (χ1v) is 10.8. The smallest absolute Gasteiger partial charge is 0.234 e. The number of piperidine rings is 1. The van der Waals surface area contributed by atoms with Crippen molar-refractivity contribution in [1.82, 2.24) is 30.0 Å². The third-order valence-corrected chi connectivity index (χ3v) is 5.65. The zero-order chi connectivity index (χ0) is 21.1. The number of unbranched alkanes of at least 4 members (excludes halogenated alkanes) is 1. The molecule has 3 aromatic rings. The molecule has 30 heavy (non-hydrogen) atoms. The first-order chi connectivity index (χ1) is 14.5. The van der Waals surface area contributed by atoms with E-state index in [9.17, 15) is 4.79 Å². The fourth-order valence-corrected chi connectivity index (χ4v) is 4.23. The van der Waals surface area contributed by atoms with Gasteiger partial charge in [0, 0.05) is 37.3 Å². The van der Waals surface area contributed by atoms with E-state index in [1.165, 1.54) is 0 Å². The van der Waals surface area contributed by atoms with E-state index in [0.717, 1.165) is 73.6 Å². The molecule has 8 nitrogen and oxygen atoms in total. The zero-order valence-electron chi connectivity index (χ0n) is 18.0. The zero-order valence-corrected chi connectivity index (χ0v) is 18.0. The van der Waals surface area contributed by atoms with Crippen LogP contribution in [-0.2, 0) is 4.79 Å². The highest BCUT2D eigenvalue weighted by Gasteiger charge is 2.29. The number of carbonyl (C=O) groups excluding carboxylic acids is 1. The summed E-state index contributed by atoms with van der Waals surface area (Å²) in [7, 11) is 0. The quantitative estimate of drug-likeness (QED) is 0.602. The predicted molar refractivity (Wildman–Crippen MR) is 114 cm³/mol. The van der Waals surface area contributed by atoms with Crippen LogP contribution in [0.4, 0.5) is 0 Å². The number of hydrogen-bond donors (Lipinski definition) is 1. The highest BCUT2D eigenvalue weighted by atomic mass is 16.5. The van der Waals surface area contributed by atoms with Crippen LogP contribution >= 0.6 is 0 Å². The summed E-state index contributed by atoms with van der Waals surface area (Å²) in [5.41, 5.74) is 4.60. The summed E-state index contributed by atoms with van der Waals surface area (Å²) in [6.45, 7) is 8.94. The van der Waals surface area contributed by atoms with Crippen LogP contribution < -0.4 is 5.32 Å². The molecule has 1 aliphatic heterocycles. The van der Waals surface area contributed by atoms with Crippen LogP contribution in [0.2, 0.25) is 0 Å². The molecule has 1 saturated heterocycles. The van der Waals surface area contributed by atoms with Gasteiger partial charge in [-0.1, -0.05) is 18.5 Å². The second-order valence-corrected chi connectivity index (χ2v) is 8.22. The van der Waals surface area contributed by atoms with Crippen LogP contribution in [0, 0.1) is 13.8 Å². The first kappa shape index (κ1) is 20.5. The van der Waals surface area contributed by atoms with Gasteiger partial charge in [-0.15, -0.1) is 0 Å². The second-order valence-electron chi connectivity index (χ2n) is 8.22. The van der Waals surface area contributed by atoms with Crippen molar-refractivity contribution in [1.29, 1.82) is 0 Å². The lowest BCUT2D eigenvalue weighted by atomic mass is 9.91. The summed E-state index contributed by atoms with van der Waals surface area (Å²) >= 11 is 0. The van der Waals surface area contributed by atoms with Gasteiger partial charge in [-0.3, -0.25) is 9.69 Å². The van der Waals surface area contributed by atoms with E-state index in [1.54, 1.807) is 0 Å². The molecule has 1 atom stereocenters. The van der Waals surface area contributed by atoms with E-state index in [4.69, 9.17) is 9.62 Å². The number of rotatable bonds is 7. The Labute approximate surface area is 176 Å². The predicted octanol–water partition coefficient (Wildman–Crippen LogP) is 3.10. The Morgan fingerprint density at radius 2 is 2.17 bits per heavy atom. The number of nitrogens with zero attached hydrogens (tertiary/aromatic N) is 5. The van der Waals surface area contributed by atoms with Gasteiger partial charge >= 0.3 is 0 Å².